The van der Waals surface area contributed by atoms with Crippen molar-refractivity contribution in [2.75, 3.05) is 7.11 Å². The second-order valence-corrected chi connectivity index (χ2v) is 6.75. The lowest BCUT2D eigenvalue weighted by Crippen LogP contribution is -2.17. The molecule has 0 atom stereocenters. The summed E-state index contributed by atoms with van der Waals surface area (Å²) >= 11 is 1.57. The maximum Gasteiger partial charge on any atom is 0.271 e. The average Bonchev–Trinajstić information content (AvgIpc) is 3.13. The first-order chi connectivity index (χ1) is 13.6. The molecule has 0 saturated heterocycles. The number of nitrogens with one attached hydrogen (secondary N) is 1. The number of hydrazone groups is 1. The first-order valence-corrected chi connectivity index (χ1v) is 9.32. The molecule has 144 valence electrons. The number of hydrogen-bond acceptors (Lipinski definition) is 7. The van der Waals surface area contributed by atoms with E-state index in [1.165, 1.54) is 13.3 Å². The van der Waals surface area contributed by atoms with E-state index >= 15 is 0 Å². The van der Waals surface area contributed by atoms with Gasteiger partial charge in [0.25, 0.3) is 5.91 Å². The van der Waals surface area contributed by atoms with E-state index in [2.05, 4.69) is 20.7 Å². The van der Waals surface area contributed by atoms with Gasteiger partial charge in [-0.25, -0.2) is 5.43 Å². The van der Waals surface area contributed by atoms with E-state index in [9.17, 15) is 9.90 Å². The number of aromatic nitrogens is 3. The number of nitrogens with zero attached hydrogens (tertiary/aromatic N) is 4. The minimum atomic E-state index is -0.342. The Hall–Kier alpha value is -3.33. The van der Waals surface area contributed by atoms with E-state index < -0.39 is 0 Å². The fraction of sp³-hybridized carbons (Fsp3) is 0.158. The standard InChI is InChI=1S/C19H19N5O3S/c1-24-12-21-23-19(24)28-11-13-6-8-14(9-7-13)18(26)22-20-10-15-4-3-5-16(27-2)17(15)25/h3-10,12,25H,11H2,1-2H3,(H,22,26). The number of phenols is 1. The molecule has 0 unspecified atom stereocenters. The van der Waals surface area contributed by atoms with E-state index in [0.29, 0.717) is 16.9 Å². The smallest absolute Gasteiger partial charge is 0.271 e. The summed E-state index contributed by atoms with van der Waals surface area (Å²) in [6.45, 7) is 0. The van der Waals surface area contributed by atoms with E-state index in [1.54, 1.807) is 48.4 Å². The molecule has 0 aliphatic heterocycles. The minimum absolute atomic E-state index is 0.0345. The predicted octanol–water partition coefficient (Wildman–Crippen LogP) is 2.59. The molecular weight excluding hydrogens is 378 g/mol. The molecular formula is C19H19N5O3S. The number of hydrogen-bond donors (Lipinski definition) is 2. The van der Waals surface area contributed by atoms with Crippen LogP contribution in [0.25, 0.3) is 0 Å². The van der Waals surface area contributed by atoms with Gasteiger partial charge in [0.1, 0.15) is 6.33 Å². The molecule has 0 aliphatic rings. The first kappa shape index (κ1) is 19.4. The number of carbonyl (C=O) groups excluding carboxylic acids is 1. The van der Waals surface area contributed by atoms with Gasteiger partial charge in [0, 0.05) is 23.9 Å². The lowest BCUT2D eigenvalue weighted by atomic mass is 10.1. The van der Waals surface area contributed by atoms with Crippen LogP contribution in [0.2, 0.25) is 0 Å². The van der Waals surface area contributed by atoms with Crippen LogP contribution in [-0.4, -0.2) is 39.1 Å². The Morgan fingerprint density at radius 3 is 2.79 bits per heavy atom. The molecule has 2 N–H and O–H groups in total. The third-order valence-electron chi connectivity index (χ3n) is 3.87. The van der Waals surface area contributed by atoms with Gasteiger partial charge in [-0.2, -0.15) is 5.10 Å². The van der Waals surface area contributed by atoms with Crippen molar-refractivity contribution in [3.8, 4) is 11.5 Å². The molecule has 28 heavy (non-hydrogen) atoms. The average molecular weight is 397 g/mol. The molecule has 3 aromatic rings. The fourth-order valence-corrected chi connectivity index (χ4v) is 3.18. The Bertz CT molecular complexity index is 985. The monoisotopic (exact) mass is 397 g/mol. The zero-order chi connectivity index (χ0) is 19.9. The zero-order valence-electron chi connectivity index (χ0n) is 15.4. The Morgan fingerprint density at radius 2 is 2.11 bits per heavy atom. The molecule has 2 aromatic carbocycles. The summed E-state index contributed by atoms with van der Waals surface area (Å²) in [5.41, 5.74) is 4.44. The highest BCUT2D eigenvalue weighted by Crippen LogP contribution is 2.27. The Labute approximate surface area is 166 Å². The molecule has 0 radical (unpaired) electrons. The number of methoxy groups -OCH3 is 1. The Morgan fingerprint density at radius 1 is 1.32 bits per heavy atom. The van der Waals surface area contributed by atoms with Crippen LogP contribution in [0.1, 0.15) is 21.5 Å². The molecule has 1 heterocycles. The zero-order valence-corrected chi connectivity index (χ0v) is 16.2. The summed E-state index contributed by atoms with van der Waals surface area (Å²) in [6, 6.07) is 12.3. The summed E-state index contributed by atoms with van der Waals surface area (Å²) < 4.78 is 6.89. The van der Waals surface area contributed by atoms with Crippen LogP contribution in [0.15, 0.2) is 59.0 Å². The van der Waals surface area contributed by atoms with Gasteiger partial charge in [-0.3, -0.25) is 4.79 Å². The second kappa shape index (κ2) is 9.05. The first-order valence-electron chi connectivity index (χ1n) is 8.33. The van der Waals surface area contributed by atoms with Gasteiger partial charge in [0.2, 0.25) is 0 Å². The molecule has 0 spiro atoms. The maximum atomic E-state index is 12.2. The predicted molar refractivity (Wildman–Crippen MR) is 107 cm³/mol. The quantitative estimate of drug-likeness (QED) is 0.361. The lowest BCUT2D eigenvalue weighted by Gasteiger charge is -2.05. The largest absolute Gasteiger partial charge is 0.504 e. The third kappa shape index (κ3) is 4.68. The molecule has 1 amide bonds. The molecule has 8 nitrogen and oxygen atoms in total. The normalized spacial score (nSPS) is 10.9. The van der Waals surface area contributed by atoms with Gasteiger partial charge >= 0.3 is 0 Å². The highest BCUT2D eigenvalue weighted by Gasteiger charge is 2.07. The molecule has 0 saturated carbocycles. The van der Waals surface area contributed by atoms with Crippen molar-refractivity contribution >= 4 is 23.9 Å². The van der Waals surface area contributed by atoms with Gasteiger partial charge in [-0.15, -0.1) is 10.2 Å². The van der Waals surface area contributed by atoms with Crippen molar-refractivity contribution in [3.63, 3.8) is 0 Å². The number of para-hydroxylation sites is 1. The van der Waals surface area contributed by atoms with Crippen molar-refractivity contribution in [1.82, 2.24) is 20.2 Å². The number of amides is 1. The number of thioether (sulfide) groups is 1. The Kier molecular flexibility index (Phi) is 6.28. The molecule has 1 aromatic heterocycles. The van der Waals surface area contributed by atoms with Crippen molar-refractivity contribution in [2.45, 2.75) is 10.9 Å². The fourth-order valence-electron chi connectivity index (χ4n) is 2.34. The topological polar surface area (TPSA) is 102 Å². The van der Waals surface area contributed by atoms with Crippen LogP contribution in [0.3, 0.4) is 0 Å². The third-order valence-corrected chi connectivity index (χ3v) is 4.98. The van der Waals surface area contributed by atoms with E-state index in [-0.39, 0.29) is 11.7 Å². The van der Waals surface area contributed by atoms with Crippen LogP contribution in [-0.2, 0) is 12.8 Å². The van der Waals surface area contributed by atoms with Crippen molar-refractivity contribution in [1.29, 1.82) is 0 Å². The van der Waals surface area contributed by atoms with Gasteiger partial charge in [-0.1, -0.05) is 30.0 Å². The number of benzene rings is 2. The van der Waals surface area contributed by atoms with Crippen LogP contribution in [0, 0.1) is 0 Å². The summed E-state index contributed by atoms with van der Waals surface area (Å²) in [6.07, 6.45) is 3.02. The van der Waals surface area contributed by atoms with Gasteiger partial charge < -0.3 is 14.4 Å². The van der Waals surface area contributed by atoms with Crippen LogP contribution in [0.5, 0.6) is 11.5 Å². The summed E-state index contributed by atoms with van der Waals surface area (Å²) in [5.74, 6) is 0.686. The second-order valence-electron chi connectivity index (χ2n) is 5.81. The number of rotatable bonds is 7. The van der Waals surface area contributed by atoms with Gasteiger partial charge in [-0.05, 0) is 29.8 Å². The maximum absolute atomic E-state index is 12.2. The van der Waals surface area contributed by atoms with Crippen molar-refractivity contribution < 1.29 is 14.6 Å². The highest BCUT2D eigenvalue weighted by molar-refractivity contribution is 7.98. The Balaban J connectivity index is 1.57. The molecule has 9 heteroatoms. The van der Waals surface area contributed by atoms with Crippen LogP contribution < -0.4 is 10.2 Å². The lowest BCUT2D eigenvalue weighted by molar-refractivity contribution is 0.0955. The minimum Gasteiger partial charge on any atom is -0.504 e. The summed E-state index contributed by atoms with van der Waals surface area (Å²) in [7, 11) is 3.36. The van der Waals surface area contributed by atoms with Crippen molar-refractivity contribution in [2.24, 2.45) is 12.1 Å². The number of ether oxygens (including phenoxy) is 1. The van der Waals surface area contributed by atoms with Crippen molar-refractivity contribution in [3.05, 3.63) is 65.5 Å². The van der Waals surface area contributed by atoms with E-state index in [0.717, 1.165) is 16.5 Å². The number of phenolic OH excluding ortho intramolecular Hbond substituents is 1. The van der Waals surface area contributed by atoms with E-state index in [1.807, 2.05) is 23.7 Å². The van der Waals surface area contributed by atoms with Crippen LogP contribution in [0.4, 0.5) is 0 Å². The SMILES string of the molecule is COc1cccc(C=NNC(=O)c2ccc(CSc3nncn3C)cc2)c1O. The summed E-state index contributed by atoms with van der Waals surface area (Å²) in [5, 5.41) is 22.6. The number of aryl methyl sites for hydroxylation is 1. The molecule has 3 rings (SSSR count). The van der Waals surface area contributed by atoms with Gasteiger partial charge in [0.15, 0.2) is 16.7 Å². The molecule has 0 fully saturated rings. The van der Waals surface area contributed by atoms with E-state index in [4.69, 9.17) is 4.74 Å². The molecule has 0 bridgehead atoms. The highest BCUT2D eigenvalue weighted by atomic mass is 32.2. The number of carbonyl (C=O) groups is 1. The molecule has 0 aliphatic carbocycles. The van der Waals surface area contributed by atoms with Gasteiger partial charge in [0.05, 0.1) is 13.3 Å². The van der Waals surface area contributed by atoms with Crippen LogP contribution >= 0.6 is 11.8 Å². The number of aromatic hydroxyl groups is 1. The summed E-state index contributed by atoms with van der Waals surface area (Å²) in [4.78, 5) is 12.2.